The topological polar surface area (TPSA) is 70.2 Å². The van der Waals surface area contributed by atoms with Crippen LogP contribution in [0, 0.1) is 5.41 Å². The molecular weight excluding hydrogens is 251 g/mol. The van der Waals surface area contributed by atoms with Gasteiger partial charge in [-0.15, -0.1) is 0 Å². The molecular formula is C10H14F3N3O2. The van der Waals surface area contributed by atoms with Gasteiger partial charge in [0.05, 0.1) is 6.04 Å². The lowest BCUT2D eigenvalue weighted by Crippen LogP contribution is -2.54. The standard InChI is InChI=1S/C10H14F3N3O2/c11-10(12,13)9(1-2-14-5-9)8(18)16-6-3-7(17)15-4-6/h6,14H,1-5H2,(H,15,17)(H,16,18). The Labute approximate surface area is 101 Å². The van der Waals surface area contributed by atoms with Crippen LogP contribution in [-0.4, -0.2) is 43.7 Å². The Morgan fingerprint density at radius 1 is 1.44 bits per heavy atom. The Balaban J connectivity index is 2.08. The van der Waals surface area contributed by atoms with Crippen LogP contribution in [0.1, 0.15) is 12.8 Å². The first-order valence-corrected chi connectivity index (χ1v) is 5.70. The molecule has 2 aliphatic heterocycles. The van der Waals surface area contributed by atoms with Crippen LogP contribution >= 0.6 is 0 Å². The molecule has 0 aromatic carbocycles. The number of alkyl halides is 3. The summed E-state index contributed by atoms with van der Waals surface area (Å²) in [6, 6.07) is -0.551. The molecule has 0 bridgehead atoms. The fourth-order valence-electron chi connectivity index (χ4n) is 2.29. The van der Waals surface area contributed by atoms with E-state index in [1.807, 2.05) is 0 Å². The molecule has 2 unspecified atom stereocenters. The van der Waals surface area contributed by atoms with Gasteiger partial charge in [0.1, 0.15) is 0 Å². The maximum atomic E-state index is 13.0. The highest BCUT2D eigenvalue weighted by Gasteiger charge is 2.61. The molecule has 0 aromatic rings. The van der Waals surface area contributed by atoms with Gasteiger partial charge in [-0.05, 0) is 13.0 Å². The zero-order valence-corrected chi connectivity index (χ0v) is 9.56. The van der Waals surface area contributed by atoms with Crippen molar-refractivity contribution in [1.29, 1.82) is 0 Å². The van der Waals surface area contributed by atoms with E-state index in [9.17, 15) is 22.8 Å². The summed E-state index contributed by atoms with van der Waals surface area (Å²) in [7, 11) is 0. The number of nitrogens with one attached hydrogen (secondary N) is 3. The van der Waals surface area contributed by atoms with Gasteiger partial charge in [0.25, 0.3) is 0 Å². The third-order valence-corrected chi connectivity index (χ3v) is 3.45. The molecule has 2 aliphatic rings. The van der Waals surface area contributed by atoms with E-state index in [1.54, 1.807) is 0 Å². The first-order valence-electron chi connectivity index (χ1n) is 5.70. The zero-order valence-electron chi connectivity index (χ0n) is 9.56. The minimum atomic E-state index is -4.59. The maximum absolute atomic E-state index is 13.0. The molecule has 5 nitrogen and oxygen atoms in total. The summed E-state index contributed by atoms with van der Waals surface area (Å²) in [6.07, 6.45) is -4.82. The summed E-state index contributed by atoms with van der Waals surface area (Å²) < 4.78 is 39.1. The second-order valence-corrected chi connectivity index (χ2v) is 4.69. The Bertz CT molecular complexity index is 364. The van der Waals surface area contributed by atoms with Crippen molar-refractivity contribution >= 4 is 11.8 Å². The monoisotopic (exact) mass is 265 g/mol. The van der Waals surface area contributed by atoms with Crippen LogP contribution in [0.2, 0.25) is 0 Å². The van der Waals surface area contributed by atoms with Gasteiger partial charge in [0.2, 0.25) is 11.8 Å². The molecule has 102 valence electrons. The molecule has 0 radical (unpaired) electrons. The van der Waals surface area contributed by atoms with Gasteiger partial charge in [0.15, 0.2) is 5.41 Å². The van der Waals surface area contributed by atoms with Gasteiger partial charge in [0, 0.05) is 19.5 Å². The second kappa shape index (κ2) is 4.42. The number of carbonyl (C=O) groups excluding carboxylic acids is 2. The highest BCUT2D eigenvalue weighted by atomic mass is 19.4. The third-order valence-electron chi connectivity index (χ3n) is 3.45. The highest BCUT2D eigenvalue weighted by Crippen LogP contribution is 2.43. The Hall–Kier alpha value is -1.31. The fourth-order valence-corrected chi connectivity index (χ4v) is 2.29. The molecule has 2 rings (SSSR count). The summed E-state index contributed by atoms with van der Waals surface area (Å²) in [4.78, 5) is 22.8. The largest absolute Gasteiger partial charge is 0.404 e. The van der Waals surface area contributed by atoms with Gasteiger partial charge < -0.3 is 16.0 Å². The minimum Gasteiger partial charge on any atom is -0.354 e. The third kappa shape index (κ3) is 2.16. The SMILES string of the molecule is O=C1CC(NC(=O)C2(C(F)(F)F)CCNC2)CN1. The predicted molar refractivity (Wildman–Crippen MR) is 55.5 cm³/mol. The molecule has 8 heteroatoms. The lowest BCUT2D eigenvalue weighted by atomic mass is 9.85. The Morgan fingerprint density at radius 3 is 2.61 bits per heavy atom. The van der Waals surface area contributed by atoms with E-state index in [0.29, 0.717) is 0 Å². The molecule has 18 heavy (non-hydrogen) atoms. The summed E-state index contributed by atoms with van der Waals surface area (Å²) in [6.45, 7) is -0.0584. The summed E-state index contributed by atoms with van der Waals surface area (Å²) >= 11 is 0. The van der Waals surface area contributed by atoms with Crippen LogP contribution in [0.5, 0.6) is 0 Å². The maximum Gasteiger partial charge on any atom is 0.404 e. The lowest BCUT2D eigenvalue weighted by molar-refractivity contribution is -0.216. The van der Waals surface area contributed by atoms with Crippen molar-refractivity contribution in [3.05, 3.63) is 0 Å². The van der Waals surface area contributed by atoms with E-state index in [4.69, 9.17) is 0 Å². The number of halogens is 3. The van der Waals surface area contributed by atoms with E-state index in [-0.39, 0.29) is 31.8 Å². The molecule has 2 heterocycles. The molecule has 3 N–H and O–H groups in total. The average molecular weight is 265 g/mol. The van der Waals surface area contributed by atoms with Crippen molar-refractivity contribution < 1.29 is 22.8 Å². The van der Waals surface area contributed by atoms with Gasteiger partial charge in [-0.25, -0.2) is 0 Å². The smallest absolute Gasteiger partial charge is 0.354 e. The van der Waals surface area contributed by atoms with Crippen LogP contribution in [0.3, 0.4) is 0 Å². The van der Waals surface area contributed by atoms with Crippen LogP contribution in [-0.2, 0) is 9.59 Å². The quantitative estimate of drug-likeness (QED) is 0.632. The zero-order chi connectivity index (χ0) is 13.4. The highest BCUT2D eigenvalue weighted by molar-refractivity contribution is 5.86. The van der Waals surface area contributed by atoms with Gasteiger partial charge in [-0.2, -0.15) is 13.2 Å². The van der Waals surface area contributed by atoms with Crippen LogP contribution in [0.4, 0.5) is 13.2 Å². The van der Waals surface area contributed by atoms with Crippen molar-refractivity contribution in [3.63, 3.8) is 0 Å². The van der Waals surface area contributed by atoms with Gasteiger partial charge in [-0.1, -0.05) is 0 Å². The molecule has 0 aliphatic carbocycles. The van der Waals surface area contributed by atoms with Crippen LogP contribution < -0.4 is 16.0 Å². The van der Waals surface area contributed by atoms with Crippen molar-refractivity contribution in [3.8, 4) is 0 Å². The van der Waals surface area contributed by atoms with Gasteiger partial charge in [-0.3, -0.25) is 9.59 Å². The molecule has 2 saturated heterocycles. The second-order valence-electron chi connectivity index (χ2n) is 4.69. The average Bonchev–Trinajstić information content (AvgIpc) is 2.86. The fraction of sp³-hybridized carbons (Fsp3) is 0.800. The predicted octanol–water partition coefficient (Wildman–Crippen LogP) is -0.467. The normalized spacial score (nSPS) is 32.4. The van der Waals surface area contributed by atoms with Crippen molar-refractivity contribution in [2.75, 3.05) is 19.6 Å². The van der Waals surface area contributed by atoms with E-state index in [2.05, 4.69) is 16.0 Å². The summed E-state index contributed by atoms with van der Waals surface area (Å²) in [5, 5.41) is 7.35. The summed E-state index contributed by atoms with van der Waals surface area (Å²) in [5.41, 5.74) is -2.36. The molecule has 0 aromatic heterocycles. The number of hydrogen-bond donors (Lipinski definition) is 3. The molecule has 2 amide bonds. The van der Waals surface area contributed by atoms with Crippen molar-refractivity contribution in [2.45, 2.75) is 25.1 Å². The molecule has 0 saturated carbocycles. The molecule has 0 spiro atoms. The van der Waals surface area contributed by atoms with E-state index in [1.165, 1.54) is 0 Å². The van der Waals surface area contributed by atoms with Crippen LogP contribution in [0.15, 0.2) is 0 Å². The lowest BCUT2D eigenvalue weighted by Gasteiger charge is -2.30. The van der Waals surface area contributed by atoms with E-state index < -0.39 is 30.1 Å². The minimum absolute atomic E-state index is 0.0348. The number of hydrogen-bond acceptors (Lipinski definition) is 3. The number of amides is 2. The molecule has 2 atom stereocenters. The van der Waals surface area contributed by atoms with Crippen molar-refractivity contribution in [2.24, 2.45) is 5.41 Å². The van der Waals surface area contributed by atoms with E-state index in [0.717, 1.165) is 0 Å². The Morgan fingerprint density at radius 2 is 2.17 bits per heavy atom. The first-order chi connectivity index (χ1) is 8.35. The van der Waals surface area contributed by atoms with E-state index >= 15 is 0 Å². The first kappa shape index (κ1) is 13.1. The molecule has 2 fully saturated rings. The Kier molecular flexibility index (Phi) is 3.22. The van der Waals surface area contributed by atoms with Crippen LogP contribution in [0.25, 0.3) is 0 Å². The van der Waals surface area contributed by atoms with Gasteiger partial charge >= 0.3 is 6.18 Å². The summed E-state index contributed by atoms with van der Waals surface area (Å²) in [5.74, 6) is -1.30. The van der Waals surface area contributed by atoms with Crippen molar-refractivity contribution in [1.82, 2.24) is 16.0 Å². The number of rotatable bonds is 2. The number of carbonyl (C=O) groups is 2.